The molecular weight excluding hydrogens is 367 g/mol. The zero-order chi connectivity index (χ0) is 20.1. The van der Waals surface area contributed by atoms with Crippen LogP contribution in [0.15, 0.2) is 66.9 Å². The Kier molecular flexibility index (Phi) is 5.63. The Morgan fingerprint density at radius 2 is 1.79 bits per heavy atom. The zero-order valence-electron chi connectivity index (χ0n) is 15.0. The minimum Gasteiger partial charge on any atom is -0.340 e. The van der Waals surface area contributed by atoms with Crippen molar-refractivity contribution in [1.82, 2.24) is 4.98 Å². The summed E-state index contributed by atoms with van der Waals surface area (Å²) in [5.41, 5.74) is 2.04. The first kappa shape index (κ1) is 19.4. The molecule has 0 bridgehead atoms. The van der Waals surface area contributed by atoms with E-state index in [9.17, 15) is 18.0 Å². The number of pyridine rings is 1. The third-order valence-corrected chi connectivity index (χ3v) is 3.96. The molecule has 0 aliphatic carbocycles. The minimum absolute atomic E-state index is 0.175. The number of carbonyl (C=O) groups excluding carboxylic acids is 1. The topological polar surface area (TPSA) is 54.0 Å². The fourth-order valence-corrected chi connectivity index (χ4v) is 2.68. The van der Waals surface area contributed by atoms with Gasteiger partial charge in [0.25, 0.3) is 0 Å². The number of carbonyl (C=O) groups is 1. The van der Waals surface area contributed by atoms with Gasteiger partial charge in [0, 0.05) is 5.69 Å². The summed E-state index contributed by atoms with van der Waals surface area (Å²) in [6, 6.07) is 15.8. The van der Waals surface area contributed by atoms with Crippen molar-refractivity contribution in [3.8, 4) is 0 Å². The van der Waals surface area contributed by atoms with Crippen molar-refractivity contribution in [1.29, 1.82) is 0 Å². The summed E-state index contributed by atoms with van der Waals surface area (Å²) in [4.78, 5) is 16.3. The van der Waals surface area contributed by atoms with Crippen molar-refractivity contribution in [2.45, 2.75) is 19.5 Å². The lowest BCUT2D eigenvalue weighted by Crippen LogP contribution is -2.14. The van der Waals surface area contributed by atoms with E-state index in [1.807, 2.05) is 31.2 Å². The SMILES string of the molecule is Cc1cccc(CC(=O)Nc2ccc(Nc3cccc(C(F)(F)F)c3)nc2)c1. The molecule has 0 unspecified atom stereocenters. The molecule has 0 aliphatic rings. The third-order valence-electron chi connectivity index (χ3n) is 3.96. The van der Waals surface area contributed by atoms with Crippen molar-refractivity contribution < 1.29 is 18.0 Å². The van der Waals surface area contributed by atoms with E-state index in [0.29, 0.717) is 11.5 Å². The number of alkyl halides is 3. The van der Waals surface area contributed by atoms with Crippen LogP contribution in [0.3, 0.4) is 0 Å². The summed E-state index contributed by atoms with van der Waals surface area (Å²) in [7, 11) is 0. The number of aryl methyl sites for hydroxylation is 1. The van der Waals surface area contributed by atoms with Crippen LogP contribution in [-0.4, -0.2) is 10.9 Å². The van der Waals surface area contributed by atoms with Crippen molar-refractivity contribution in [3.05, 3.63) is 83.6 Å². The molecule has 2 N–H and O–H groups in total. The van der Waals surface area contributed by atoms with E-state index >= 15 is 0 Å². The van der Waals surface area contributed by atoms with Gasteiger partial charge in [0.1, 0.15) is 5.82 Å². The van der Waals surface area contributed by atoms with E-state index in [-0.39, 0.29) is 18.0 Å². The molecule has 0 saturated heterocycles. The summed E-state index contributed by atoms with van der Waals surface area (Å²) in [5.74, 6) is 0.196. The third kappa shape index (κ3) is 5.33. The van der Waals surface area contributed by atoms with Crippen LogP contribution in [0.1, 0.15) is 16.7 Å². The maximum absolute atomic E-state index is 12.8. The van der Waals surface area contributed by atoms with Crippen LogP contribution in [0.25, 0.3) is 0 Å². The molecule has 2 aromatic carbocycles. The van der Waals surface area contributed by atoms with Crippen LogP contribution < -0.4 is 10.6 Å². The van der Waals surface area contributed by atoms with Crippen molar-refractivity contribution in [2.24, 2.45) is 0 Å². The Morgan fingerprint density at radius 1 is 1.00 bits per heavy atom. The molecule has 28 heavy (non-hydrogen) atoms. The largest absolute Gasteiger partial charge is 0.416 e. The van der Waals surface area contributed by atoms with Gasteiger partial charge in [-0.15, -0.1) is 0 Å². The molecule has 1 aromatic heterocycles. The number of anilines is 3. The summed E-state index contributed by atoms with van der Waals surface area (Å²) in [5, 5.41) is 5.57. The van der Waals surface area contributed by atoms with Crippen LogP contribution in [0.4, 0.5) is 30.4 Å². The van der Waals surface area contributed by atoms with Gasteiger partial charge in [0.2, 0.25) is 5.91 Å². The second-order valence-electron chi connectivity index (χ2n) is 6.35. The Hall–Kier alpha value is -3.35. The number of hydrogen-bond donors (Lipinski definition) is 2. The van der Waals surface area contributed by atoms with Gasteiger partial charge in [-0.3, -0.25) is 4.79 Å². The minimum atomic E-state index is -4.41. The fraction of sp³-hybridized carbons (Fsp3) is 0.143. The summed E-state index contributed by atoms with van der Waals surface area (Å²) in [6.07, 6.45) is -2.72. The predicted octanol–water partition coefficient (Wildman–Crippen LogP) is 5.33. The molecule has 0 radical (unpaired) electrons. The molecule has 0 atom stereocenters. The highest BCUT2D eigenvalue weighted by molar-refractivity contribution is 5.92. The first-order chi connectivity index (χ1) is 13.3. The summed E-state index contributed by atoms with van der Waals surface area (Å²) in [6.45, 7) is 1.96. The number of rotatable bonds is 5. The van der Waals surface area contributed by atoms with E-state index in [0.717, 1.165) is 23.3 Å². The van der Waals surface area contributed by atoms with Gasteiger partial charge in [0.05, 0.1) is 23.9 Å². The van der Waals surface area contributed by atoms with E-state index in [2.05, 4.69) is 15.6 Å². The average molecular weight is 385 g/mol. The number of halogens is 3. The van der Waals surface area contributed by atoms with E-state index in [1.165, 1.54) is 18.3 Å². The average Bonchev–Trinajstić information content (AvgIpc) is 2.63. The highest BCUT2D eigenvalue weighted by Crippen LogP contribution is 2.31. The van der Waals surface area contributed by atoms with Gasteiger partial charge in [-0.2, -0.15) is 13.2 Å². The molecular formula is C21H18F3N3O. The Labute approximate surface area is 160 Å². The van der Waals surface area contributed by atoms with Gasteiger partial charge >= 0.3 is 6.18 Å². The smallest absolute Gasteiger partial charge is 0.340 e. The molecule has 0 fully saturated rings. The molecule has 0 spiro atoms. The maximum Gasteiger partial charge on any atom is 0.416 e. The molecule has 7 heteroatoms. The number of hydrogen-bond acceptors (Lipinski definition) is 3. The Morgan fingerprint density at radius 3 is 2.46 bits per heavy atom. The zero-order valence-corrected chi connectivity index (χ0v) is 15.0. The lowest BCUT2D eigenvalue weighted by atomic mass is 10.1. The van der Waals surface area contributed by atoms with Gasteiger partial charge < -0.3 is 10.6 Å². The van der Waals surface area contributed by atoms with Gasteiger partial charge in [-0.1, -0.05) is 35.9 Å². The van der Waals surface area contributed by atoms with Crippen LogP contribution in [0.2, 0.25) is 0 Å². The van der Waals surface area contributed by atoms with Crippen molar-refractivity contribution in [2.75, 3.05) is 10.6 Å². The van der Waals surface area contributed by atoms with Gasteiger partial charge in [-0.25, -0.2) is 4.98 Å². The molecule has 144 valence electrons. The lowest BCUT2D eigenvalue weighted by molar-refractivity contribution is -0.137. The predicted molar refractivity (Wildman–Crippen MR) is 102 cm³/mol. The Balaban J connectivity index is 1.61. The molecule has 1 amide bonds. The monoisotopic (exact) mass is 385 g/mol. The molecule has 1 heterocycles. The number of amides is 1. The molecule has 3 rings (SSSR count). The van der Waals surface area contributed by atoms with E-state index in [4.69, 9.17) is 0 Å². The van der Waals surface area contributed by atoms with Crippen LogP contribution in [-0.2, 0) is 17.4 Å². The first-order valence-corrected chi connectivity index (χ1v) is 8.55. The van der Waals surface area contributed by atoms with E-state index < -0.39 is 11.7 Å². The van der Waals surface area contributed by atoms with Crippen LogP contribution >= 0.6 is 0 Å². The number of benzene rings is 2. The maximum atomic E-state index is 12.8. The number of nitrogens with zero attached hydrogens (tertiary/aromatic N) is 1. The number of nitrogens with one attached hydrogen (secondary N) is 2. The first-order valence-electron chi connectivity index (χ1n) is 8.55. The van der Waals surface area contributed by atoms with Gasteiger partial charge in [0.15, 0.2) is 0 Å². The molecule has 4 nitrogen and oxygen atoms in total. The van der Waals surface area contributed by atoms with Crippen LogP contribution in [0.5, 0.6) is 0 Å². The standard InChI is InChI=1S/C21H18F3N3O/c1-14-4-2-5-15(10-14)11-20(28)27-18-8-9-19(25-13-18)26-17-7-3-6-16(12-17)21(22,23)24/h2-10,12-13H,11H2,1H3,(H,25,26)(H,27,28). The lowest BCUT2D eigenvalue weighted by Gasteiger charge is -2.11. The fourth-order valence-electron chi connectivity index (χ4n) is 2.68. The quantitative estimate of drug-likeness (QED) is 0.624. The van der Waals surface area contributed by atoms with Gasteiger partial charge in [-0.05, 0) is 42.8 Å². The van der Waals surface area contributed by atoms with E-state index in [1.54, 1.807) is 12.1 Å². The summed E-state index contributed by atoms with van der Waals surface area (Å²) >= 11 is 0. The normalized spacial score (nSPS) is 11.1. The highest BCUT2D eigenvalue weighted by atomic mass is 19.4. The second-order valence-corrected chi connectivity index (χ2v) is 6.35. The number of aromatic nitrogens is 1. The van der Waals surface area contributed by atoms with Crippen molar-refractivity contribution in [3.63, 3.8) is 0 Å². The second kappa shape index (κ2) is 8.12. The molecule has 0 saturated carbocycles. The molecule has 3 aromatic rings. The van der Waals surface area contributed by atoms with Crippen LogP contribution in [0, 0.1) is 6.92 Å². The molecule has 0 aliphatic heterocycles. The highest BCUT2D eigenvalue weighted by Gasteiger charge is 2.30. The Bertz CT molecular complexity index is 969. The summed E-state index contributed by atoms with van der Waals surface area (Å²) < 4.78 is 38.3. The van der Waals surface area contributed by atoms with Crippen molar-refractivity contribution >= 4 is 23.1 Å².